The Hall–Kier alpha value is -1.58. The summed E-state index contributed by atoms with van der Waals surface area (Å²) in [5, 5.41) is 8.61. The van der Waals surface area contributed by atoms with Gasteiger partial charge in [-0.05, 0) is 19.9 Å². The molecule has 0 heterocycles. The average Bonchev–Trinajstić information content (AvgIpc) is 2.11. The number of hydrogen-bond donors (Lipinski definition) is 1. The topological polar surface area (TPSA) is 63.6 Å². The highest BCUT2D eigenvalue weighted by Gasteiger charge is 2.07. The highest BCUT2D eigenvalue weighted by molar-refractivity contribution is 5.94. The summed E-state index contributed by atoms with van der Waals surface area (Å²) in [6, 6.07) is 0. The second kappa shape index (κ2) is 5.13. The number of esters is 1. The number of carboxylic acids is 1. The van der Waals surface area contributed by atoms with E-state index >= 15 is 0 Å². The lowest BCUT2D eigenvalue weighted by Crippen LogP contribution is -2.04. The molecule has 0 spiro atoms. The fraction of sp³-hybridized carbons (Fsp3) is 0.333. The van der Waals surface area contributed by atoms with Gasteiger partial charge >= 0.3 is 11.9 Å². The molecule has 4 heteroatoms. The molecule has 0 radical (unpaired) electrons. The summed E-state index contributed by atoms with van der Waals surface area (Å²) < 4.78 is 4.41. The predicted molar refractivity (Wildman–Crippen MR) is 47.2 cm³/mol. The number of rotatable bonds is 3. The van der Waals surface area contributed by atoms with Gasteiger partial charge in [0.1, 0.15) is 0 Å². The molecule has 0 aromatic heterocycles. The number of hydrogen-bond acceptors (Lipinski definition) is 3. The predicted octanol–water partition coefficient (Wildman–Crippen LogP) is 1.14. The molecular weight excluding hydrogens is 172 g/mol. The van der Waals surface area contributed by atoms with Crippen LogP contribution in [0, 0.1) is 0 Å². The van der Waals surface area contributed by atoms with Crippen molar-refractivity contribution in [1.29, 1.82) is 0 Å². The van der Waals surface area contributed by atoms with Crippen LogP contribution in [-0.2, 0) is 14.3 Å². The SMILES string of the molecule is CC=C(C=C(C)C(=O)OC)C(=O)O. The first kappa shape index (κ1) is 11.4. The van der Waals surface area contributed by atoms with Crippen LogP contribution in [0.4, 0.5) is 0 Å². The summed E-state index contributed by atoms with van der Waals surface area (Å²) in [5.74, 6) is -1.59. The molecule has 0 saturated carbocycles. The van der Waals surface area contributed by atoms with Crippen LogP contribution in [0.5, 0.6) is 0 Å². The number of carboxylic acid groups (broad SMARTS) is 1. The van der Waals surface area contributed by atoms with E-state index in [0.717, 1.165) is 0 Å². The van der Waals surface area contributed by atoms with Crippen LogP contribution in [0.15, 0.2) is 23.3 Å². The van der Waals surface area contributed by atoms with E-state index in [-0.39, 0.29) is 11.1 Å². The number of ether oxygens (including phenoxy) is 1. The molecule has 4 nitrogen and oxygen atoms in total. The average molecular weight is 184 g/mol. The van der Waals surface area contributed by atoms with Crippen LogP contribution in [0.25, 0.3) is 0 Å². The molecule has 0 bridgehead atoms. The van der Waals surface area contributed by atoms with Gasteiger partial charge in [-0.1, -0.05) is 6.08 Å². The highest BCUT2D eigenvalue weighted by Crippen LogP contribution is 2.04. The van der Waals surface area contributed by atoms with Gasteiger partial charge in [-0.15, -0.1) is 0 Å². The fourth-order valence-electron chi connectivity index (χ4n) is 0.722. The number of allylic oxidation sites excluding steroid dienone is 1. The van der Waals surface area contributed by atoms with E-state index in [2.05, 4.69) is 4.74 Å². The van der Waals surface area contributed by atoms with E-state index < -0.39 is 11.9 Å². The summed E-state index contributed by atoms with van der Waals surface area (Å²) in [5.41, 5.74) is 0.334. The minimum atomic E-state index is -1.06. The Labute approximate surface area is 76.5 Å². The van der Waals surface area contributed by atoms with Crippen molar-refractivity contribution < 1.29 is 19.4 Å². The van der Waals surface area contributed by atoms with Crippen LogP contribution in [0.3, 0.4) is 0 Å². The van der Waals surface area contributed by atoms with Gasteiger partial charge in [0.15, 0.2) is 0 Å². The smallest absolute Gasteiger partial charge is 0.335 e. The quantitative estimate of drug-likeness (QED) is 0.406. The molecule has 0 rings (SSSR count). The van der Waals surface area contributed by atoms with Crippen molar-refractivity contribution >= 4 is 11.9 Å². The van der Waals surface area contributed by atoms with Crippen molar-refractivity contribution in [2.45, 2.75) is 13.8 Å². The summed E-state index contributed by atoms with van der Waals surface area (Å²) >= 11 is 0. The summed E-state index contributed by atoms with van der Waals surface area (Å²) in [4.78, 5) is 21.4. The lowest BCUT2D eigenvalue weighted by atomic mass is 10.1. The fourth-order valence-corrected chi connectivity index (χ4v) is 0.722. The minimum absolute atomic E-state index is 0.0721. The first-order chi connectivity index (χ1) is 6.02. The van der Waals surface area contributed by atoms with Crippen LogP contribution in [-0.4, -0.2) is 24.2 Å². The lowest BCUT2D eigenvalue weighted by Gasteiger charge is -1.98. The van der Waals surface area contributed by atoms with Gasteiger partial charge < -0.3 is 9.84 Å². The first-order valence-corrected chi connectivity index (χ1v) is 3.69. The van der Waals surface area contributed by atoms with Crippen LogP contribution in [0.1, 0.15) is 13.8 Å². The molecule has 0 atom stereocenters. The standard InChI is InChI=1S/C9H12O4/c1-4-7(8(10)11)5-6(2)9(12)13-3/h4-5H,1-3H3,(H,10,11). The first-order valence-electron chi connectivity index (χ1n) is 3.69. The molecule has 0 amide bonds. The molecule has 0 unspecified atom stereocenters. The van der Waals surface area contributed by atoms with E-state index in [4.69, 9.17) is 5.11 Å². The molecule has 0 aliphatic heterocycles. The van der Waals surface area contributed by atoms with Crippen molar-refractivity contribution in [3.05, 3.63) is 23.3 Å². The summed E-state index contributed by atoms with van der Waals surface area (Å²) in [7, 11) is 1.25. The Bertz CT molecular complexity index is 273. The number of aliphatic carboxylic acids is 1. The number of carbonyl (C=O) groups excluding carboxylic acids is 1. The van der Waals surface area contributed by atoms with E-state index in [1.54, 1.807) is 6.92 Å². The van der Waals surface area contributed by atoms with Gasteiger partial charge in [0.05, 0.1) is 12.7 Å². The maximum Gasteiger partial charge on any atom is 0.335 e. The zero-order chi connectivity index (χ0) is 10.4. The Morgan fingerprint density at radius 2 is 1.92 bits per heavy atom. The second-order valence-corrected chi connectivity index (χ2v) is 2.37. The molecule has 0 aliphatic rings. The Morgan fingerprint density at radius 3 is 2.23 bits per heavy atom. The number of carbonyl (C=O) groups is 2. The van der Waals surface area contributed by atoms with Gasteiger partial charge in [0.25, 0.3) is 0 Å². The zero-order valence-corrected chi connectivity index (χ0v) is 7.83. The van der Waals surface area contributed by atoms with E-state index in [1.807, 2.05) is 0 Å². The molecule has 72 valence electrons. The third-order valence-electron chi connectivity index (χ3n) is 1.44. The van der Waals surface area contributed by atoms with E-state index in [1.165, 1.54) is 26.2 Å². The molecule has 0 aliphatic carbocycles. The number of methoxy groups -OCH3 is 1. The molecular formula is C9H12O4. The van der Waals surface area contributed by atoms with Gasteiger partial charge in [0, 0.05) is 5.57 Å². The highest BCUT2D eigenvalue weighted by atomic mass is 16.5. The monoisotopic (exact) mass is 184 g/mol. The third kappa shape index (κ3) is 3.55. The van der Waals surface area contributed by atoms with Crippen LogP contribution in [0.2, 0.25) is 0 Å². The van der Waals surface area contributed by atoms with Crippen molar-refractivity contribution in [1.82, 2.24) is 0 Å². The van der Waals surface area contributed by atoms with Crippen molar-refractivity contribution in [3.8, 4) is 0 Å². The van der Waals surface area contributed by atoms with E-state index in [0.29, 0.717) is 0 Å². The van der Waals surface area contributed by atoms with Crippen molar-refractivity contribution in [2.24, 2.45) is 0 Å². The Kier molecular flexibility index (Phi) is 4.51. The molecule has 0 aromatic carbocycles. The third-order valence-corrected chi connectivity index (χ3v) is 1.44. The maximum absolute atomic E-state index is 10.9. The van der Waals surface area contributed by atoms with Gasteiger partial charge in [-0.3, -0.25) is 0 Å². The van der Waals surface area contributed by atoms with Gasteiger partial charge in [-0.2, -0.15) is 0 Å². The Balaban J connectivity index is 4.73. The largest absolute Gasteiger partial charge is 0.478 e. The summed E-state index contributed by atoms with van der Waals surface area (Å²) in [6.07, 6.45) is 2.68. The molecule has 1 N–H and O–H groups in total. The maximum atomic E-state index is 10.9. The van der Waals surface area contributed by atoms with Crippen LogP contribution >= 0.6 is 0 Å². The van der Waals surface area contributed by atoms with Gasteiger partial charge in [0.2, 0.25) is 0 Å². The molecule has 13 heavy (non-hydrogen) atoms. The minimum Gasteiger partial charge on any atom is -0.478 e. The molecule has 0 saturated heterocycles. The normalized spacial score (nSPS) is 12.5. The zero-order valence-electron chi connectivity index (χ0n) is 7.83. The lowest BCUT2D eigenvalue weighted by molar-refractivity contribution is -0.136. The Morgan fingerprint density at radius 1 is 1.38 bits per heavy atom. The van der Waals surface area contributed by atoms with E-state index in [9.17, 15) is 9.59 Å². The van der Waals surface area contributed by atoms with Gasteiger partial charge in [-0.25, -0.2) is 9.59 Å². The second-order valence-electron chi connectivity index (χ2n) is 2.37. The molecule has 0 fully saturated rings. The van der Waals surface area contributed by atoms with Crippen LogP contribution < -0.4 is 0 Å². The molecule has 0 aromatic rings. The van der Waals surface area contributed by atoms with Crippen molar-refractivity contribution in [2.75, 3.05) is 7.11 Å². The summed E-state index contributed by atoms with van der Waals surface area (Å²) in [6.45, 7) is 3.09. The van der Waals surface area contributed by atoms with Crippen molar-refractivity contribution in [3.63, 3.8) is 0 Å².